The first-order chi connectivity index (χ1) is 16.7. The van der Waals surface area contributed by atoms with Crippen molar-refractivity contribution < 1.29 is 19.1 Å². The fraction of sp³-hybridized carbons (Fsp3) is 0.435. The van der Waals surface area contributed by atoms with Gasteiger partial charge in [0.2, 0.25) is 5.91 Å². The summed E-state index contributed by atoms with van der Waals surface area (Å²) in [5, 5.41) is 2.98. The fourth-order valence-corrected chi connectivity index (χ4v) is 4.19. The molecule has 1 aliphatic rings. The molecule has 2 rings (SSSR count). The van der Waals surface area contributed by atoms with Gasteiger partial charge >= 0.3 is 6.09 Å². The van der Waals surface area contributed by atoms with E-state index >= 15 is 0 Å². The van der Waals surface area contributed by atoms with Crippen molar-refractivity contribution in [1.29, 1.82) is 0 Å². The number of hydrogen-bond acceptors (Lipinski definition) is 7. The van der Waals surface area contributed by atoms with Crippen molar-refractivity contribution in [2.75, 3.05) is 39.8 Å². The molecule has 3 amide bonds. The van der Waals surface area contributed by atoms with Crippen LogP contribution in [0.2, 0.25) is 0 Å². The second kappa shape index (κ2) is 14.0. The average Bonchev–Trinajstić information content (AvgIpc) is 2.83. The van der Waals surface area contributed by atoms with E-state index in [0.29, 0.717) is 61.4 Å². The van der Waals surface area contributed by atoms with E-state index in [1.165, 1.54) is 6.92 Å². The van der Waals surface area contributed by atoms with E-state index in [1.807, 2.05) is 30.3 Å². The maximum Gasteiger partial charge on any atom is 0.409 e. The van der Waals surface area contributed by atoms with Gasteiger partial charge in [0, 0.05) is 40.2 Å². The number of aryl methyl sites for hydroxylation is 1. The van der Waals surface area contributed by atoms with Gasteiger partial charge in [0.25, 0.3) is 5.91 Å². The number of benzene rings is 1. The maximum absolute atomic E-state index is 13.3. The lowest BCUT2D eigenvalue weighted by Gasteiger charge is -2.34. The largest absolute Gasteiger partial charge is 0.450 e. The standard InChI is InChI=1S/C23H33N7O4S/c1-4-34-23(33)30-14-12-29(13-15-30)20(32)19(35-22(26-3)27-16(2)31)7-5-6-17-8-10-18(11-9-17)28-21(24)25/h7-11H,4-6,12-15H2,1-3H3,(H4,24,25,28)(H,26,27,31)/b19-7+. The number of allylic oxidation sites excluding steroid dienone is 1. The van der Waals surface area contributed by atoms with Crippen molar-refractivity contribution in [3.05, 3.63) is 40.8 Å². The topological polar surface area (TPSA) is 156 Å². The molecule has 0 aromatic heterocycles. The summed E-state index contributed by atoms with van der Waals surface area (Å²) < 4.78 is 5.04. The van der Waals surface area contributed by atoms with Gasteiger partial charge in [0.15, 0.2) is 11.1 Å². The van der Waals surface area contributed by atoms with Crippen LogP contribution >= 0.6 is 11.8 Å². The second-order valence-corrected chi connectivity index (χ2v) is 8.63. The van der Waals surface area contributed by atoms with Gasteiger partial charge in [-0.05, 0) is 49.2 Å². The molecule has 11 nitrogen and oxygen atoms in total. The Morgan fingerprint density at radius 3 is 2.29 bits per heavy atom. The molecule has 1 fully saturated rings. The first-order valence-electron chi connectivity index (χ1n) is 11.2. The Morgan fingerprint density at radius 1 is 1.11 bits per heavy atom. The van der Waals surface area contributed by atoms with Gasteiger partial charge in [-0.1, -0.05) is 18.2 Å². The van der Waals surface area contributed by atoms with E-state index in [4.69, 9.17) is 16.2 Å². The molecule has 1 aromatic rings. The summed E-state index contributed by atoms with van der Waals surface area (Å²) in [6.07, 6.45) is 2.76. The van der Waals surface area contributed by atoms with Gasteiger partial charge in [-0.15, -0.1) is 0 Å². The Bertz CT molecular complexity index is 980. The number of piperazine rings is 1. The molecule has 0 bridgehead atoms. The van der Waals surface area contributed by atoms with Crippen LogP contribution in [0.1, 0.15) is 25.8 Å². The van der Waals surface area contributed by atoms with E-state index in [2.05, 4.69) is 15.3 Å². The molecular formula is C23H33N7O4S. The Labute approximate surface area is 209 Å². The lowest BCUT2D eigenvalue weighted by molar-refractivity contribution is -0.128. The molecule has 190 valence electrons. The third-order valence-corrected chi connectivity index (χ3v) is 5.99. The summed E-state index contributed by atoms with van der Waals surface area (Å²) in [6, 6.07) is 7.49. The van der Waals surface area contributed by atoms with Crippen LogP contribution in [0.25, 0.3) is 0 Å². The molecule has 1 saturated heterocycles. The average molecular weight is 504 g/mol. The second-order valence-electron chi connectivity index (χ2n) is 7.60. The first kappa shape index (κ1) is 27.7. The quantitative estimate of drug-likeness (QED) is 0.290. The Kier molecular flexibility index (Phi) is 11.1. The minimum atomic E-state index is -0.373. The van der Waals surface area contributed by atoms with Crippen LogP contribution in [0.15, 0.2) is 45.2 Å². The molecule has 0 saturated carbocycles. The molecular weight excluding hydrogens is 470 g/mol. The highest BCUT2D eigenvalue weighted by Crippen LogP contribution is 2.22. The number of aliphatic imine (C=N–C) groups is 2. The molecule has 0 unspecified atom stereocenters. The zero-order chi connectivity index (χ0) is 25.8. The third kappa shape index (κ3) is 9.32. The van der Waals surface area contributed by atoms with Gasteiger partial charge in [-0.3, -0.25) is 14.6 Å². The molecule has 5 N–H and O–H groups in total. The Morgan fingerprint density at radius 2 is 1.74 bits per heavy atom. The molecule has 35 heavy (non-hydrogen) atoms. The van der Waals surface area contributed by atoms with Crippen LogP contribution in [0.5, 0.6) is 0 Å². The van der Waals surface area contributed by atoms with Gasteiger partial charge in [-0.25, -0.2) is 9.79 Å². The number of hydrogen-bond donors (Lipinski definition) is 3. The summed E-state index contributed by atoms with van der Waals surface area (Å²) in [4.78, 5) is 48.6. The minimum absolute atomic E-state index is 0.00323. The number of nitrogens with two attached hydrogens (primary N) is 2. The summed E-state index contributed by atoms with van der Waals surface area (Å²) in [5.74, 6) is -0.446. The number of thioether (sulfide) groups is 1. The number of carbonyl (C=O) groups excluding carboxylic acids is 3. The molecule has 1 heterocycles. The van der Waals surface area contributed by atoms with Crippen molar-refractivity contribution >= 4 is 46.5 Å². The molecule has 0 aliphatic carbocycles. The van der Waals surface area contributed by atoms with Gasteiger partial charge in [-0.2, -0.15) is 0 Å². The van der Waals surface area contributed by atoms with Crippen LogP contribution in [0, 0.1) is 0 Å². The number of ether oxygens (including phenoxy) is 1. The van der Waals surface area contributed by atoms with Crippen molar-refractivity contribution in [1.82, 2.24) is 15.1 Å². The smallest absolute Gasteiger partial charge is 0.409 e. The van der Waals surface area contributed by atoms with Crippen LogP contribution in [-0.4, -0.2) is 78.7 Å². The molecule has 0 radical (unpaired) electrons. The lowest BCUT2D eigenvalue weighted by atomic mass is 10.1. The highest BCUT2D eigenvalue weighted by molar-refractivity contribution is 8.17. The fourth-order valence-electron chi connectivity index (χ4n) is 3.27. The molecule has 1 aliphatic heterocycles. The van der Waals surface area contributed by atoms with Crippen LogP contribution in [0.3, 0.4) is 0 Å². The van der Waals surface area contributed by atoms with Gasteiger partial charge in [0.1, 0.15) is 0 Å². The number of nitrogens with one attached hydrogen (secondary N) is 1. The summed E-state index contributed by atoms with van der Waals surface area (Å²) in [7, 11) is 1.55. The van der Waals surface area contributed by atoms with Gasteiger partial charge < -0.3 is 31.3 Å². The van der Waals surface area contributed by atoms with E-state index in [9.17, 15) is 14.4 Å². The zero-order valence-corrected chi connectivity index (χ0v) is 21.1. The van der Waals surface area contributed by atoms with Crippen LogP contribution in [0.4, 0.5) is 10.5 Å². The summed E-state index contributed by atoms with van der Waals surface area (Å²) >= 11 is 1.12. The summed E-state index contributed by atoms with van der Waals surface area (Å²) in [5.41, 5.74) is 12.5. The molecule has 1 aromatic carbocycles. The molecule has 0 atom stereocenters. The Balaban J connectivity index is 2.10. The number of amidine groups is 1. The van der Waals surface area contributed by atoms with Crippen LogP contribution < -0.4 is 16.8 Å². The third-order valence-electron chi connectivity index (χ3n) is 4.95. The molecule has 12 heteroatoms. The SMILES string of the molecule is CCOC(=O)N1CCN(C(=O)/C(=C\CCc2ccc(N=C(N)N)cc2)SC(=NC)NC(C)=O)CC1. The Hall–Kier alpha value is -3.54. The lowest BCUT2D eigenvalue weighted by Crippen LogP contribution is -2.51. The predicted octanol–water partition coefficient (Wildman–Crippen LogP) is 1.56. The highest BCUT2D eigenvalue weighted by atomic mass is 32.2. The minimum Gasteiger partial charge on any atom is -0.450 e. The van der Waals surface area contributed by atoms with Crippen molar-refractivity contribution in [2.24, 2.45) is 21.5 Å². The van der Waals surface area contributed by atoms with Crippen molar-refractivity contribution in [2.45, 2.75) is 26.7 Å². The summed E-state index contributed by atoms with van der Waals surface area (Å²) in [6.45, 7) is 5.02. The monoisotopic (exact) mass is 503 g/mol. The molecule has 0 spiro atoms. The van der Waals surface area contributed by atoms with Gasteiger partial charge in [0.05, 0.1) is 17.2 Å². The van der Waals surface area contributed by atoms with E-state index in [-0.39, 0.29) is 23.9 Å². The van der Waals surface area contributed by atoms with Crippen molar-refractivity contribution in [3.8, 4) is 0 Å². The number of carbonyl (C=O) groups is 3. The number of guanidine groups is 1. The van der Waals surface area contributed by atoms with E-state index < -0.39 is 0 Å². The maximum atomic E-state index is 13.3. The van der Waals surface area contributed by atoms with E-state index in [0.717, 1.165) is 17.3 Å². The predicted molar refractivity (Wildman–Crippen MR) is 138 cm³/mol. The first-order valence-corrected chi connectivity index (χ1v) is 12.1. The van der Waals surface area contributed by atoms with E-state index in [1.54, 1.807) is 23.8 Å². The van der Waals surface area contributed by atoms with Crippen molar-refractivity contribution in [3.63, 3.8) is 0 Å². The number of nitrogens with zero attached hydrogens (tertiary/aromatic N) is 4. The highest BCUT2D eigenvalue weighted by Gasteiger charge is 2.27. The normalized spacial score (nSPS) is 14.4. The number of amides is 3. The zero-order valence-electron chi connectivity index (χ0n) is 20.3. The number of rotatable bonds is 7. The van der Waals surface area contributed by atoms with Crippen LogP contribution in [-0.2, 0) is 20.7 Å².